The van der Waals surface area contributed by atoms with Crippen molar-refractivity contribution in [3.8, 4) is 0 Å². The van der Waals surface area contributed by atoms with Crippen molar-refractivity contribution < 1.29 is 37.3 Å². The summed E-state index contributed by atoms with van der Waals surface area (Å²) in [5.74, 6) is -0.361. The Balaban J connectivity index is 4.22. The molecule has 0 saturated carbocycles. The Morgan fingerprint density at radius 1 is 0.552 bits per heavy atom. The van der Waals surface area contributed by atoms with Gasteiger partial charge in [0, 0.05) is 13.0 Å². The van der Waals surface area contributed by atoms with E-state index in [1.807, 2.05) is 21.1 Å². The zero-order valence-electron chi connectivity index (χ0n) is 37.5. The van der Waals surface area contributed by atoms with Crippen LogP contribution in [0, 0.1) is 0 Å². The zero-order chi connectivity index (χ0) is 42.7. The molecule has 0 N–H and O–H groups in total. The van der Waals surface area contributed by atoms with E-state index in [2.05, 4.69) is 111 Å². The van der Waals surface area contributed by atoms with Crippen molar-refractivity contribution in [3.05, 3.63) is 97.2 Å². The number of likely N-dealkylation sites (N-methyl/N-ethyl adjacent to an activating group) is 1. The third kappa shape index (κ3) is 44.5. The fourth-order valence-electron chi connectivity index (χ4n) is 5.41. The average molecular weight is 830 g/mol. The van der Waals surface area contributed by atoms with E-state index in [1.165, 1.54) is 6.42 Å². The Bertz CT molecular complexity index is 1240. The number of unbranched alkanes of at least 4 members (excludes halogenated alkanes) is 10. The van der Waals surface area contributed by atoms with Crippen LogP contribution in [0.4, 0.5) is 0 Å². The first-order valence-electron chi connectivity index (χ1n) is 22.5. The predicted octanol–water partition coefficient (Wildman–Crippen LogP) is 12.8. The third-order valence-corrected chi connectivity index (χ3v) is 9.81. The van der Waals surface area contributed by atoms with Crippen LogP contribution in [0.2, 0.25) is 0 Å². The number of rotatable bonds is 40. The van der Waals surface area contributed by atoms with Gasteiger partial charge in [-0.3, -0.25) is 9.36 Å². The molecule has 0 fully saturated rings. The van der Waals surface area contributed by atoms with E-state index in [9.17, 15) is 14.3 Å². The van der Waals surface area contributed by atoms with Gasteiger partial charge in [0.25, 0.3) is 7.82 Å². The van der Waals surface area contributed by atoms with E-state index >= 15 is 0 Å². The van der Waals surface area contributed by atoms with Gasteiger partial charge >= 0.3 is 5.97 Å². The Hall–Kier alpha value is -2.58. The van der Waals surface area contributed by atoms with Crippen molar-refractivity contribution >= 4 is 13.8 Å². The van der Waals surface area contributed by atoms with Crippen molar-refractivity contribution in [1.82, 2.24) is 0 Å². The molecule has 0 bridgehead atoms. The summed E-state index contributed by atoms with van der Waals surface area (Å²) < 4.78 is 34.5. The lowest BCUT2D eigenvalue weighted by atomic mass is 10.1. The van der Waals surface area contributed by atoms with Gasteiger partial charge in [-0.1, -0.05) is 150 Å². The lowest BCUT2D eigenvalue weighted by molar-refractivity contribution is -0.870. The summed E-state index contributed by atoms with van der Waals surface area (Å²) in [6, 6.07) is 0. The standard InChI is InChI=1S/C49H84NO7P/c1-6-8-10-12-14-16-18-19-20-21-22-23-24-25-26-27-28-29-30-31-32-33-35-37-39-41-44-54-46-48(47-56-58(52,53)55-45-43-50(3,4)5)57-49(51)42-40-38-36-34-17-15-13-11-9-7-2/h8,10-11,13-14,16,19-20,22-23,25-26,28-29,31-32,48H,6-7,9,12,15,17-18,21,24,27,30,33-47H2,1-5H3/b10-8-,13-11-,16-14-,20-19-,23-22-,26-25-,29-28-,32-31-. The highest BCUT2D eigenvalue weighted by Gasteiger charge is 2.20. The average Bonchev–Trinajstić information content (AvgIpc) is 3.18. The molecule has 0 aromatic carbocycles. The van der Waals surface area contributed by atoms with Gasteiger partial charge in [-0.25, -0.2) is 0 Å². The summed E-state index contributed by atoms with van der Waals surface area (Å²) in [6.45, 7) is 5.12. The first kappa shape index (κ1) is 55.4. The van der Waals surface area contributed by atoms with E-state index in [1.54, 1.807) is 0 Å². The minimum Gasteiger partial charge on any atom is -0.756 e. The molecule has 0 radical (unpaired) electrons. The molecule has 0 amide bonds. The second-order valence-corrected chi connectivity index (χ2v) is 17.1. The Morgan fingerprint density at radius 3 is 1.52 bits per heavy atom. The lowest BCUT2D eigenvalue weighted by Gasteiger charge is -2.28. The number of carbonyl (C=O) groups is 1. The van der Waals surface area contributed by atoms with Gasteiger partial charge in [0.1, 0.15) is 19.3 Å². The van der Waals surface area contributed by atoms with E-state index < -0.39 is 13.9 Å². The van der Waals surface area contributed by atoms with Crippen molar-refractivity contribution in [2.75, 3.05) is 54.1 Å². The molecule has 332 valence electrons. The molecule has 2 atom stereocenters. The number of nitrogens with zero attached hydrogens (tertiary/aromatic N) is 1. The van der Waals surface area contributed by atoms with Crippen LogP contribution in [0.5, 0.6) is 0 Å². The van der Waals surface area contributed by atoms with Gasteiger partial charge in [-0.15, -0.1) is 0 Å². The van der Waals surface area contributed by atoms with Crippen molar-refractivity contribution in [1.29, 1.82) is 0 Å². The van der Waals surface area contributed by atoms with Gasteiger partial charge in [-0.2, -0.15) is 0 Å². The SMILES string of the molecule is CC/C=C\C/C=C\C/C=C\C/C=C\C/C=C\C/C=C\C/C=C\CCCCCCOCC(COP(=O)([O-])OCC[N+](C)(C)C)OC(=O)CCCCCCC/C=C\CCC. The second-order valence-electron chi connectivity index (χ2n) is 15.7. The first-order valence-corrected chi connectivity index (χ1v) is 23.9. The highest BCUT2D eigenvalue weighted by molar-refractivity contribution is 7.45. The minimum atomic E-state index is -4.54. The lowest BCUT2D eigenvalue weighted by Crippen LogP contribution is -2.37. The summed E-state index contributed by atoms with van der Waals surface area (Å²) in [5.41, 5.74) is 0. The molecule has 0 heterocycles. The summed E-state index contributed by atoms with van der Waals surface area (Å²) in [7, 11) is 1.31. The third-order valence-electron chi connectivity index (χ3n) is 8.85. The molecule has 0 aromatic heterocycles. The Labute approximate surface area is 356 Å². The second kappa shape index (κ2) is 41.2. The largest absolute Gasteiger partial charge is 0.756 e. The summed E-state index contributed by atoms with van der Waals surface area (Å²) in [5, 5.41) is 0. The maximum Gasteiger partial charge on any atom is 0.306 e. The normalized spacial score (nSPS) is 14.7. The maximum absolute atomic E-state index is 12.6. The molecular weight excluding hydrogens is 746 g/mol. The van der Waals surface area contributed by atoms with Crippen LogP contribution in [-0.2, 0) is 27.9 Å². The molecule has 0 aliphatic heterocycles. The Kier molecular flexibility index (Phi) is 39.3. The van der Waals surface area contributed by atoms with Crippen LogP contribution >= 0.6 is 7.82 Å². The molecule has 0 rings (SSSR count). The maximum atomic E-state index is 12.6. The number of carbonyl (C=O) groups excluding carboxylic acids is 1. The number of phosphoric ester groups is 1. The molecule has 9 heteroatoms. The number of allylic oxidation sites excluding steroid dienone is 16. The van der Waals surface area contributed by atoms with Gasteiger partial charge in [0.2, 0.25) is 0 Å². The molecular formula is C49H84NO7P. The molecule has 58 heavy (non-hydrogen) atoms. The van der Waals surface area contributed by atoms with Gasteiger partial charge < -0.3 is 27.9 Å². The fraction of sp³-hybridized carbons (Fsp3) is 0.653. The van der Waals surface area contributed by atoms with E-state index in [-0.39, 0.29) is 32.2 Å². The van der Waals surface area contributed by atoms with E-state index in [4.69, 9.17) is 18.5 Å². The van der Waals surface area contributed by atoms with E-state index in [0.29, 0.717) is 17.6 Å². The van der Waals surface area contributed by atoms with Crippen LogP contribution in [0.15, 0.2) is 97.2 Å². The van der Waals surface area contributed by atoms with Gasteiger partial charge in [-0.05, 0) is 89.9 Å². The van der Waals surface area contributed by atoms with Crippen LogP contribution in [0.1, 0.15) is 149 Å². The summed E-state index contributed by atoms with van der Waals surface area (Å²) >= 11 is 0. The van der Waals surface area contributed by atoms with Crippen LogP contribution in [0.3, 0.4) is 0 Å². The zero-order valence-corrected chi connectivity index (χ0v) is 38.3. The Morgan fingerprint density at radius 2 is 1.00 bits per heavy atom. The molecule has 0 aliphatic rings. The monoisotopic (exact) mass is 830 g/mol. The number of hydrogen-bond donors (Lipinski definition) is 0. The van der Waals surface area contributed by atoms with Crippen LogP contribution in [0.25, 0.3) is 0 Å². The quantitative estimate of drug-likeness (QED) is 0.0200. The van der Waals surface area contributed by atoms with Crippen molar-refractivity contribution in [2.24, 2.45) is 0 Å². The van der Waals surface area contributed by atoms with Gasteiger partial charge in [0.05, 0.1) is 34.4 Å². The smallest absolute Gasteiger partial charge is 0.306 e. The van der Waals surface area contributed by atoms with Crippen molar-refractivity contribution in [2.45, 2.75) is 155 Å². The molecule has 8 nitrogen and oxygen atoms in total. The minimum absolute atomic E-state index is 0.0134. The predicted molar refractivity (Wildman–Crippen MR) is 245 cm³/mol. The highest BCUT2D eigenvalue weighted by Crippen LogP contribution is 2.38. The molecule has 2 unspecified atom stereocenters. The number of hydrogen-bond acceptors (Lipinski definition) is 7. The fourth-order valence-corrected chi connectivity index (χ4v) is 6.14. The molecule has 0 aliphatic carbocycles. The number of esters is 1. The topological polar surface area (TPSA) is 94.1 Å². The van der Waals surface area contributed by atoms with Crippen LogP contribution in [-0.4, -0.2) is 70.7 Å². The van der Waals surface area contributed by atoms with Gasteiger partial charge in [0.15, 0.2) is 0 Å². The summed E-state index contributed by atoms with van der Waals surface area (Å²) in [4.78, 5) is 25.0. The summed E-state index contributed by atoms with van der Waals surface area (Å²) in [6.07, 6.45) is 55.8. The molecule has 0 spiro atoms. The molecule has 0 aromatic rings. The number of quaternary nitrogens is 1. The van der Waals surface area contributed by atoms with Crippen molar-refractivity contribution in [3.63, 3.8) is 0 Å². The number of phosphoric acid groups is 1. The van der Waals surface area contributed by atoms with Crippen LogP contribution < -0.4 is 4.89 Å². The number of ether oxygens (including phenoxy) is 2. The first-order chi connectivity index (χ1) is 28.1. The van der Waals surface area contributed by atoms with E-state index in [0.717, 1.165) is 122 Å². The highest BCUT2D eigenvalue weighted by atomic mass is 31.2. The molecule has 0 saturated heterocycles.